The van der Waals surface area contributed by atoms with Gasteiger partial charge in [0.2, 0.25) is 0 Å². The van der Waals surface area contributed by atoms with Crippen LogP contribution in [-0.2, 0) is 4.74 Å². The summed E-state index contributed by atoms with van der Waals surface area (Å²) >= 11 is 0. The molecular formula is C21H18N4O4. The van der Waals surface area contributed by atoms with E-state index in [4.69, 9.17) is 15.2 Å². The van der Waals surface area contributed by atoms with E-state index in [0.29, 0.717) is 33.7 Å². The molecule has 0 aliphatic rings. The fourth-order valence-corrected chi connectivity index (χ4v) is 3.12. The standard InChI is InChI=1S/C21H18N4O4/c1-13-19(14-6-5-7-15(10-14)25(26)27)17(11-22)21(23)24-20(13)16-8-3-4-9-18(16)29-12-28-2/h3-10H,12H2,1-2H3,(H2,23,24). The molecule has 0 bridgehead atoms. The predicted molar refractivity (Wildman–Crippen MR) is 108 cm³/mol. The zero-order chi connectivity index (χ0) is 21.0. The van der Waals surface area contributed by atoms with Crippen molar-refractivity contribution < 1.29 is 14.4 Å². The second-order valence-electron chi connectivity index (χ2n) is 6.19. The third kappa shape index (κ3) is 3.85. The van der Waals surface area contributed by atoms with Crippen LogP contribution in [0.15, 0.2) is 48.5 Å². The van der Waals surface area contributed by atoms with Crippen LogP contribution in [0, 0.1) is 28.4 Å². The largest absolute Gasteiger partial charge is 0.467 e. The molecule has 0 amide bonds. The summed E-state index contributed by atoms with van der Waals surface area (Å²) in [6.45, 7) is 1.85. The number of pyridine rings is 1. The highest BCUT2D eigenvalue weighted by Crippen LogP contribution is 2.39. The molecule has 0 unspecified atom stereocenters. The number of anilines is 1. The van der Waals surface area contributed by atoms with Gasteiger partial charge in [0.15, 0.2) is 6.79 Å². The fraction of sp³-hybridized carbons (Fsp3) is 0.143. The van der Waals surface area contributed by atoms with Crippen molar-refractivity contribution in [3.63, 3.8) is 0 Å². The van der Waals surface area contributed by atoms with E-state index in [1.54, 1.807) is 25.1 Å². The molecule has 0 aliphatic heterocycles. The maximum absolute atomic E-state index is 11.2. The van der Waals surface area contributed by atoms with Gasteiger partial charge in [-0.05, 0) is 30.2 Å². The van der Waals surface area contributed by atoms with Gasteiger partial charge in [-0.2, -0.15) is 5.26 Å². The van der Waals surface area contributed by atoms with E-state index < -0.39 is 4.92 Å². The summed E-state index contributed by atoms with van der Waals surface area (Å²) in [6, 6.07) is 15.4. The average Bonchev–Trinajstić information content (AvgIpc) is 2.73. The topological polar surface area (TPSA) is 124 Å². The normalized spacial score (nSPS) is 10.4. The number of nitrogens with zero attached hydrogens (tertiary/aromatic N) is 3. The van der Waals surface area contributed by atoms with Crippen molar-refractivity contribution in [3.05, 3.63) is 69.8 Å². The van der Waals surface area contributed by atoms with Gasteiger partial charge in [-0.15, -0.1) is 0 Å². The zero-order valence-electron chi connectivity index (χ0n) is 15.9. The minimum atomic E-state index is -0.482. The highest BCUT2D eigenvalue weighted by atomic mass is 16.7. The molecule has 1 heterocycles. The monoisotopic (exact) mass is 390 g/mol. The Morgan fingerprint density at radius 1 is 1.24 bits per heavy atom. The molecule has 8 heteroatoms. The lowest BCUT2D eigenvalue weighted by Gasteiger charge is -2.17. The molecule has 0 fully saturated rings. The van der Waals surface area contributed by atoms with E-state index in [0.717, 1.165) is 0 Å². The molecule has 146 valence electrons. The van der Waals surface area contributed by atoms with E-state index in [1.165, 1.54) is 19.2 Å². The number of hydrogen-bond donors (Lipinski definition) is 1. The molecular weight excluding hydrogens is 372 g/mol. The van der Waals surface area contributed by atoms with E-state index in [2.05, 4.69) is 11.1 Å². The first-order chi connectivity index (χ1) is 14.0. The number of methoxy groups -OCH3 is 1. The van der Waals surface area contributed by atoms with Gasteiger partial charge in [0, 0.05) is 30.4 Å². The number of aromatic nitrogens is 1. The number of benzene rings is 2. The first kappa shape index (κ1) is 19.8. The number of nitriles is 1. The molecule has 0 atom stereocenters. The molecule has 2 aromatic carbocycles. The van der Waals surface area contributed by atoms with Crippen LogP contribution < -0.4 is 10.5 Å². The summed E-state index contributed by atoms with van der Waals surface area (Å²) in [4.78, 5) is 15.1. The third-order valence-corrected chi connectivity index (χ3v) is 4.40. The molecule has 0 radical (unpaired) electrons. The van der Waals surface area contributed by atoms with Crippen LogP contribution in [0.2, 0.25) is 0 Å². The summed E-state index contributed by atoms with van der Waals surface area (Å²) < 4.78 is 10.6. The Kier molecular flexibility index (Phi) is 5.71. The van der Waals surface area contributed by atoms with Crippen molar-refractivity contribution in [1.29, 1.82) is 5.26 Å². The Hall–Kier alpha value is -3.96. The number of nitro groups is 1. The lowest BCUT2D eigenvalue weighted by atomic mass is 9.92. The number of rotatable bonds is 6. The molecule has 0 aliphatic carbocycles. The van der Waals surface area contributed by atoms with Gasteiger partial charge < -0.3 is 15.2 Å². The van der Waals surface area contributed by atoms with Gasteiger partial charge in [0.05, 0.1) is 10.6 Å². The van der Waals surface area contributed by atoms with Crippen LogP contribution in [0.3, 0.4) is 0 Å². The third-order valence-electron chi connectivity index (χ3n) is 4.40. The molecule has 0 saturated carbocycles. The lowest BCUT2D eigenvalue weighted by molar-refractivity contribution is -0.384. The van der Waals surface area contributed by atoms with Gasteiger partial charge in [0.25, 0.3) is 5.69 Å². The number of nitrogens with two attached hydrogens (primary N) is 1. The highest BCUT2D eigenvalue weighted by molar-refractivity contribution is 5.86. The van der Waals surface area contributed by atoms with Gasteiger partial charge >= 0.3 is 0 Å². The molecule has 1 aromatic heterocycles. The van der Waals surface area contributed by atoms with Gasteiger partial charge in [-0.25, -0.2) is 4.98 Å². The van der Waals surface area contributed by atoms with Gasteiger partial charge in [-0.1, -0.05) is 24.3 Å². The number of nitro benzene ring substituents is 1. The molecule has 0 spiro atoms. The molecule has 3 rings (SSSR count). The van der Waals surface area contributed by atoms with Crippen molar-refractivity contribution >= 4 is 11.5 Å². The Balaban J connectivity index is 2.28. The van der Waals surface area contributed by atoms with Gasteiger partial charge in [-0.3, -0.25) is 10.1 Å². The van der Waals surface area contributed by atoms with E-state index >= 15 is 0 Å². The number of nitrogen functional groups attached to an aromatic ring is 1. The van der Waals surface area contributed by atoms with Crippen molar-refractivity contribution in [1.82, 2.24) is 4.98 Å². The zero-order valence-corrected chi connectivity index (χ0v) is 15.9. The second-order valence-corrected chi connectivity index (χ2v) is 6.19. The Morgan fingerprint density at radius 3 is 2.69 bits per heavy atom. The average molecular weight is 390 g/mol. The van der Waals surface area contributed by atoms with Crippen LogP contribution in [-0.4, -0.2) is 23.8 Å². The van der Waals surface area contributed by atoms with Gasteiger partial charge in [0.1, 0.15) is 23.2 Å². The maximum Gasteiger partial charge on any atom is 0.270 e. The Bertz CT molecular complexity index is 1120. The Morgan fingerprint density at radius 2 is 2.00 bits per heavy atom. The predicted octanol–water partition coefficient (Wildman–Crippen LogP) is 4.07. The summed E-state index contributed by atoms with van der Waals surface area (Å²) in [5.74, 6) is 0.579. The minimum absolute atomic E-state index is 0.0381. The number of non-ortho nitro benzene ring substituents is 1. The smallest absolute Gasteiger partial charge is 0.270 e. The van der Waals surface area contributed by atoms with Crippen molar-refractivity contribution in [2.45, 2.75) is 6.92 Å². The number of ether oxygens (including phenoxy) is 2. The Labute approximate surface area is 167 Å². The molecule has 8 nitrogen and oxygen atoms in total. The quantitative estimate of drug-likeness (QED) is 0.382. The second kappa shape index (κ2) is 8.37. The lowest BCUT2D eigenvalue weighted by Crippen LogP contribution is -2.05. The van der Waals surface area contributed by atoms with Crippen LogP contribution >= 0.6 is 0 Å². The fourth-order valence-electron chi connectivity index (χ4n) is 3.12. The first-order valence-electron chi connectivity index (χ1n) is 8.64. The molecule has 29 heavy (non-hydrogen) atoms. The van der Waals surface area contributed by atoms with E-state index in [9.17, 15) is 15.4 Å². The maximum atomic E-state index is 11.2. The SMILES string of the molecule is COCOc1ccccc1-c1nc(N)c(C#N)c(-c2cccc([N+](=O)[O-])c2)c1C. The molecule has 0 saturated heterocycles. The minimum Gasteiger partial charge on any atom is -0.467 e. The van der Waals surface area contributed by atoms with Crippen LogP contribution in [0.1, 0.15) is 11.1 Å². The molecule has 2 N–H and O–H groups in total. The highest BCUT2D eigenvalue weighted by Gasteiger charge is 2.21. The van der Waals surface area contributed by atoms with Crippen molar-refractivity contribution in [2.75, 3.05) is 19.6 Å². The molecule has 3 aromatic rings. The van der Waals surface area contributed by atoms with Crippen molar-refractivity contribution in [3.8, 4) is 34.2 Å². The summed E-state index contributed by atoms with van der Waals surface area (Å²) in [5.41, 5.74) is 9.05. The van der Waals surface area contributed by atoms with Crippen LogP contribution in [0.4, 0.5) is 11.5 Å². The van der Waals surface area contributed by atoms with E-state index in [1.807, 2.05) is 18.2 Å². The van der Waals surface area contributed by atoms with Crippen LogP contribution in [0.5, 0.6) is 5.75 Å². The van der Waals surface area contributed by atoms with E-state index in [-0.39, 0.29) is 23.9 Å². The number of para-hydroxylation sites is 1. The van der Waals surface area contributed by atoms with Crippen molar-refractivity contribution in [2.24, 2.45) is 0 Å². The summed E-state index contributed by atoms with van der Waals surface area (Å²) in [5, 5.41) is 20.9. The van der Waals surface area contributed by atoms with Crippen LogP contribution in [0.25, 0.3) is 22.4 Å². The summed E-state index contributed by atoms with van der Waals surface area (Å²) in [6.07, 6.45) is 0. The number of hydrogen-bond acceptors (Lipinski definition) is 7. The first-order valence-corrected chi connectivity index (χ1v) is 8.64. The summed E-state index contributed by atoms with van der Waals surface area (Å²) in [7, 11) is 1.52.